The zero-order valence-corrected chi connectivity index (χ0v) is 14.8. The van der Waals surface area contributed by atoms with Crippen LogP contribution in [0.15, 0.2) is 30.3 Å². The van der Waals surface area contributed by atoms with Gasteiger partial charge in [-0.15, -0.1) is 0 Å². The highest BCUT2D eigenvalue weighted by Gasteiger charge is 2.31. The number of sulfone groups is 1. The normalized spacial score (nSPS) is 19.2. The van der Waals surface area contributed by atoms with Crippen molar-refractivity contribution < 1.29 is 13.2 Å². The van der Waals surface area contributed by atoms with Crippen molar-refractivity contribution in [2.45, 2.75) is 19.0 Å². The lowest BCUT2D eigenvalue weighted by molar-refractivity contribution is -0.122. The van der Waals surface area contributed by atoms with E-state index in [0.717, 1.165) is 5.56 Å². The molecule has 8 nitrogen and oxygen atoms in total. The van der Waals surface area contributed by atoms with E-state index in [1.54, 1.807) is 11.9 Å². The third kappa shape index (κ3) is 4.64. The Balaban J connectivity index is 1.49. The van der Waals surface area contributed by atoms with Crippen LogP contribution in [0.25, 0.3) is 11.4 Å². The van der Waals surface area contributed by atoms with E-state index in [9.17, 15) is 13.2 Å². The van der Waals surface area contributed by atoms with E-state index < -0.39 is 9.84 Å². The molecule has 0 spiro atoms. The highest BCUT2D eigenvalue weighted by atomic mass is 32.2. The second kappa shape index (κ2) is 7.32. The minimum Gasteiger partial charge on any atom is -0.348 e. The Bertz CT molecular complexity index is 834. The van der Waals surface area contributed by atoms with Gasteiger partial charge in [-0.3, -0.25) is 14.8 Å². The lowest BCUT2D eigenvalue weighted by atomic mass is 10.2. The number of H-pyrrole nitrogens is 1. The molecule has 2 aromatic rings. The predicted molar refractivity (Wildman–Crippen MR) is 93.4 cm³/mol. The summed E-state index contributed by atoms with van der Waals surface area (Å²) < 4.78 is 23.0. The Morgan fingerprint density at radius 2 is 2.12 bits per heavy atom. The van der Waals surface area contributed by atoms with Gasteiger partial charge in [0.1, 0.15) is 5.82 Å². The number of amides is 1. The topological polar surface area (TPSA) is 108 Å². The number of nitrogens with one attached hydrogen (secondary N) is 2. The van der Waals surface area contributed by atoms with Crippen LogP contribution in [0, 0.1) is 0 Å². The molecule has 3 rings (SSSR count). The van der Waals surface area contributed by atoms with Gasteiger partial charge in [-0.05, 0) is 13.5 Å². The fourth-order valence-electron chi connectivity index (χ4n) is 2.81. The molecule has 1 amide bonds. The molecule has 0 aliphatic carbocycles. The van der Waals surface area contributed by atoms with Crippen molar-refractivity contribution in [3.8, 4) is 11.4 Å². The van der Waals surface area contributed by atoms with Gasteiger partial charge in [0, 0.05) is 11.6 Å². The largest absolute Gasteiger partial charge is 0.348 e. The maximum Gasteiger partial charge on any atom is 0.234 e. The summed E-state index contributed by atoms with van der Waals surface area (Å²) in [6.07, 6.45) is 0.578. The first kappa shape index (κ1) is 17.6. The molecule has 0 bridgehead atoms. The van der Waals surface area contributed by atoms with Crippen molar-refractivity contribution in [1.82, 2.24) is 25.4 Å². The maximum atomic E-state index is 12.1. The van der Waals surface area contributed by atoms with Gasteiger partial charge in [0.25, 0.3) is 0 Å². The van der Waals surface area contributed by atoms with Crippen LogP contribution in [0.2, 0.25) is 0 Å². The average molecular weight is 363 g/mol. The number of aromatic nitrogens is 3. The molecule has 9 heteroatoms. The van der Waals surface area contributed by atoms with E-state index in [0.29, 0.717) is 18.1 Å². The van der Waals surface area contributed by atoms with E-state index in [1.165, 1.54) is 0 Å². The predicted octanol–water partition coefficient (Wildman–Crippen LogP) is 0.207. The number of benzene rings is 1. The third-order valence-corrected chi connectivity index (χ3v) is 5.99. The molecule has 0 saturated carbocycles. The molecule has 0 unspecified atom stereocenters. The SMILES string of the molecule is CN(CC(=O)NCc1nc(-c2ccccc2)n[nH]1)[C@@H]1CCS(=O)(=O)C1. The number of aromatic amines is 1. The highest BCUT2D eigenvalue weighted by Crippen LogP contribution is 2.16. The van der Waals surface area contributed by atoms with Gasteiger partial charge in [-0.25, -0.2) is 13.4 Å². The smallest absolute Gasteiger partial charge is 0.234 e. The molecule has 1 saturated heterocycles. The fourth-order valence-corrected chi connectivity index (χ4v) is 4.61. The van der Waals surface area contributed by atoms with Crippen molar-refractivity contribution in [3.63, 3.8) is 0 Å². The number of rotatable bonds is 6. The molecule has 25 heavy (non-hydrogen) atoms. The Kier molecular flexibility index (Phi) is 5.14. The van der Waals surface area contributed by atoms with Crippen LogP contribution in [0.3, 0.4) is 0 Å². The second-order valence-electron chi connectivity index (χ2n) is 6.22. The van der Waals surface area contributed by atoms with Crippen molar-refractivity contribution >= 4 is 15.7 Å². The van der Waals surface area contributed by atoms with Crippen molar-refractivity contribution in [3.05, 3.63) is 36.2 Å². The second-order valence-corrected chi connectivity index (χ2v) is 8.45. The van der Waals surface area contributed by atoms with Gasteiger partial charge >= 0.3 is 0 Å². The summed E-state index contributed by atoms with van der Waals surface area (Å²) in [4.78, 5) is 18.2. The van der Waals surface area contributed by atoms with Crippen molar-refractivity contribution in [2.75, 3.05) is 25.1 Å². The van der Waals surface area contributed by atoms with Gasteiger partial charge in [-0.1, -0.05) is 30.3 Å². The van der Waals surface area contributed by atoms with Gasteiger partial charge in [-0.2, -0.15) is 5.10 Å². The molecule has 134 valence electrons. The Hall–Kier alpha value is -2.26. The van der Waals surface area contributed by atoms with Crippen LogP contribution in [-0.2, 0) is 21.2 Å². The summed E-state index contributed by atoms with van der Waals surface area (Å²) in [5, 5.41) is 9.72. The zero-order chi connectivity index (χ0) is 17.9. The van der Waals surface area contributed by atoms with Gasteiger partial charge in [0.15, 0.2) is 15.7 Å². The molecule has 1 aliphatic rings. The first-order valence-corrected chi connectivity index (χ1v) is 9.89. The van der Waals surface area contributed by atoms with Crippen LogP contribution in [0.4, 0.5) is 0 Å². The first-order valence-electron chi connectivity index (χ1n) is 8.07. The summed E-state index contributed by atoms with van der Waals surface area (Å²) in [6.45, 7) is 0.398. The van der Waals surface area contributed by atoms with Crippen molar-refractivity contribution in [2.24, 2.45) is 0 Å². The molecule has 0 radical (unpaired) electrons. The number of hydrogen-bond acceptors (Lipinski definition) is 6. The van der Waals surface area contributed by atoms with E-state index in [1.807, 2.05) is 30.3 Å². The minimum absolute atomic E-state index is 0.0919. The molecular weight excluding hydrogens is 342 g/mol. The Labute approximate surface area is 146 Å². The summed E-state index contributed by atoms with van der Waals surface area (Å²) >= 11 is 0. The molecule has 2 N–H and O–H groups in total. The lowest BCUT2D eigenvalue weighted by Gasteiger charge is -2.22. The van der Waals surface area contributed by atoms with E-state index >= 15 is 0 Å². The van der Waals surface area contributed by atoms with E-state index in [-0.39, 0.29) is 36.5 Å². The van der Waals surface area contributed by atoms with Gasteiger partial charge < -0.3 is 5.32 Å². The summed E-state index contributed by atoms with van der Waals surface area (Å²) in [5.41, 5.74) is 0.901. The third-order valence-electron chi connectivity index (χ3n) is 4.24. The first-order chi connectivity index (χ1) is 11.9. The zero-order valence-electron chi connectivity index (χ0n) is 14.0. The number of carbonyl (C=O) groups excluding carboxylic acids is 1. The monoisotopic (exact) mass is 363 g/mol. The minimum atomic E-state index is -2.95. The van der Waals surface area contributed by atoms with Gasteiger partial charge in [0.2, 0.25) is 5.91 Å². The highest BCUT2D eigenvalue weighted by molar-refractivity contribution is 7.91. The van der Waals surface area contributed by atoms with Crippen LogP contribution >= 0.6 is 0 Å². The van der Waals surface area contributed by atoms with Crippen molar-refractivity contribution in [1.29, 1.82) is 0 Å². The number of likely N-dealkylation sites (N-methyl/N-ethyl adjacent to an activating group) is 1. The van der Waals surface area contributed by atoms with Crippen LogP contribution < -0.4 is 5.32 Å². The van der Waals surface area contributed by atoms with Crippen LogP contribution in [-0.4, -0.2) is 65.5 Å². The maximum absolute atomic E-state index is 12.1. The number of hydrogen-bond donors (Lipinski definition) is 2. The Morgan fingerprint density at radius 3 is 2.80 bits per heavy atom. The van der Waals surface area contributed by atoms with Gasteiger partial charge in [0.05, 0.1) is 24.6 Å². The van der Waals surface area contributed by atoms with Crippen LogP contribution in [0.1, 0.15) is 12.2 Å². The quantitative estimate of drug-likeness (QED) is 0.759. The van der Waals surface area contributed by atoms with E-state index in [2.05, 4.69) is 20.5 Å². The Morgan fingerprint density at radius 1 is 1.36 bits per heavy atom. The fraction of sp³-hybridized carbons (Fsp3) is 0.438. The lowest BCUT2D eigenvalue weighted by Crippen LogP contribution is -2.41. The number of nitrogens with zero attached hydrogens (tertiary/aromatic N) is 3. The molecule has 1 aliphatic heterocycles. The standard InChI is InChI=1S/C16H21N5O3S/c1-21(13-7-8-25(23,24)11-13)10-15(22)17-9-14-18-16(20-19-14)12-5-3-2-4-6-12/h2-6,13H,7-11H2,1H3,(H,17,22)(H,18,19,20)/t13-/m1/s1. The summed E-state index contributed by atoms with van der Waals surface area (Å²) in [6, 6.07) is 9.47. The molecule has 1 aromatic heterocycles. The molecule has 1 atom stereocenters. The summed E-state index contributed by atoms with van der Waals surface area (Å²) in [7, 11) is -1.18. The summed E-state index contributed by atoms with van der Waals surface area (Å²) in [5.74, 6) is 1.30. The molecule has 2 heterocycles. The average Bonchev–Trinajstić information content (AvgIpc) is 3.20. The molecule has 1 fully saturated rings. The van der Waals surface area contributed by atoms with Crippen LogP contribution in [0.5, 0.6) is 0 Å². The number of carbonyl (C=O) groups is 1. The van der Waals surface area contributed by atoms with E-state index in [4.69, 9.17) is 0 Å². The molecule has 1 aromatic carbocycles. The molecular formula is C16H21N5O3S.